The van der Waals surface area contributed by atoms with Crippen LogP contribution in [0.1, 0.15) is 44.4 Å². The summed E-state index contributed by atoms with van der Waals surface area (Å²) in [6.45, 7) is 10.4. The molecule has 0 atom stereocenters. The number of nitrogens with zero attached hydrogens (tertiary/aromatic N) is 2. The van der Waals surface area contributed by atoms with Crippen LogP contribution in [0.4, 0.5) is 0 Å². The summed E-state index contributed by atoms with van der Waals surface area (Å²) in [6, 6.07) is 29.5. The number of aromatic nitrogens is 2. The van der Waals surface area contributed by atoms with Crippen molar-refractivity contribution in [2.45, 2.75) is 47.1 Å². The molecule has 184 valence electrons. The Balaban J connectivity index is 1.69. The van der Waals surface area contributed by atoms with Gasteiger partial charge in [-0.15, -0.1) is 11.3 Å². The fraction of sp³-hybridized carbons (Fsp3) is 0.265. The van der Waals surface area contributed by atoms with Crippen molar-refractivity contribution in [1.82, 2.24) is 4.57 Å². The van der Waals surface area contributed by atoms with Crippen molar-refractivity contribution < 1.29 is 4.57 Å². The quantitative estimate of drug-likeness (QED) is 0.209. The Morgan fingerprint density at radius 1 is 0.811 bits per heavy atom. The van der Waals surface area contributed by atoms with Gasteiger partial charge in [0.1, 0.15) is 12.2 Å². The lowest BCUT2D eigenvalue weighted by Crippen LogP contribution is -2.31. The van der Waals surface area contributed by atoms with E-state index in [1.54, 1.807) is 0 Å². The maximum atomic E-state index is 2.63. The third-order valence-electron chi connectivity index (χ3n) is 7.75. The average Bonchev–Trinajstić information content (AvgIpc) is 3.52. The smallest absolute Gasteiger partial charge is 0.218 e. The summed E-state index contributed by atoms with van der Waals surface area (Å²) in [6.07, 6.45) is 2.13. The first kappa shape index (κ1) is 22.7. The van der Waals surface area contributed by atoms with Crippen molar-refractivity contribution in [2.24, 2.45) is 11.8 Å². The van der Waals surface area contributed by atoms with Crippen LogP contribution < -0.4 is 4.57 Å². The van der Waals surface area contributed by atoms with Gasteiger partial charge in [0, 0.05) is 36.9 Å². The third kappa shape index (κ3) is 3.48. The van der Waals surface area contributed by atoms with Gasteiger partial charge >= 0.3 is 0 Å². The van der Waals surface area contributed by atoms with Gasteiger partial charge in [-0.2, -0.15) is 4.57 Å². The third-order valence-corrected chi connectivity index (χ3v) is 8.87. The summed E-state index contributed by atoms with van der Waals surface area (Å²) in [5.41, 5.74) is 9.79. The summed E-state index contributed by atoms with van der Waals surface area (Å²) in [4.78, 5) is 0. The summed E-state index contributed by atoms with van der Waals surface area (Å²) < 4.78 is 7.98. The number of benzene rings is 4. The number of rotatable bonds is 5. The van der Waals surface area contributed by atoms with E-state index in [0.717, 1.165) is 19.4 Å². The standard InChI is InChI=1S/C34H33N2S/c1-21(2)17-24-19-31-32(26-13-7-10-16-30(26)37-31)27(18-22(3)4)33(24)36-29-15-9-8-14-28(29)35-20-23-11-5-6-12-25(23)34(35)36/h5-16,19,21-22H,17-18,20H2,1-4H3/q+1. The van der Waals surface area contributed by atoms with Crippen LogP contribution in [0.25, 0.3) is 48.3 Å². The van der Waals surface area contributed by atoms with Gasteiger partial charge in [0.15, 0.2) is 11.0 Å². The van der Waals surface area contributed by atoms with Crippen LogP contribution in [-0.4, -0.2) is 4.57 Å². The van der Waals surface area contributed by atoms with Gasteiger partial charge < -0.3 is 0 Å². The van der Waals surface area contributed by atoms with Crippen molar-refractivity contribution in [3.8, 4) is 17.1 Å². The molecule has 6 aromatic rings. The molecule has 7 rings (SSSR count). The SMILES string of the molecule is CC(C)Cc1cc2sc3ccccc3c2c(CC(C)C)c1-n1c2[n+](c3ccccc31)Cc1ccccc1-2. The Hall–Kier alpha value is -3.43. The van der Waals surface area contributed by atoms with E-state index in [4.69, 9.17) is 0 Å². The molecule has 3 heterocycles. The Kier molecular flexibility index (Phi) is 5.26. The number of imidazole rings is 1. The predicted octanol–water partition coefficient (Wildman–Crippen LogP) is 8.71. The van der Waals surface area contributed by atoms with Gasteiger partial charge in [0.25, 0.3) is 5.82 Å². The first-order valence-corrected chi connectivity index (χ1v) is 14.4. The molecule has 0 aliphatic carbocycles. The van der Waals surface area contributed by atoms with Crippen LogP contribution >= 0.6 is 11.3 Å². The van der Waals surface area contributed by atoms with E-state index < -0.39 is 0 Å². The first-order valence-electron chi connectivity index (χ1n) is 13.6. The lowest BCUT2D eigenvalue weighted by atomic mass is 9.90. The molecule has 0 saturated carbocycles. The second-order valence-corrected chi connectivity index (χ2v) is 12.5. The lowest BCUT2D eigenvalue weighted by molar-refractivity contribution is -0.645. The number of para-hydroxylation sites is 2. The molecule has 2 nitrogen and oxygen atoms in total. The van der Waals surface area contributed by atoms with E-state index in [0.29, 0.717) is 11.8 Å². The number of hydrogen-bond donors (Lipinski definition) is 0. The van der Waals surface area contributed by atoms with Crippen LogP contribution in [0.2, 0.25) is 0 Å². The maximum Gasteiger partial charge on any atom is 0.295 e. The topological polar surface area (TPSA) is 8.81 Å². The van der Waals surface area contributed by atoms with E-state index in [1.807, 2.05) is 11.3 Å². The fourth-order valence-corrected chi connectivity index (χ4v) is 7.63. The highest BCUT2D eigenvalue weighted by molar-refractivity contribution is 7.25. The monoisotopic (exact) mass is 501 g/mol. The Labute approximate surface area is 222 Å². The van der Waals surface area contributed by atoms with E-state index in [9.17, 15) is 0 Å². The molecule has 3 heteroatoms. The Morgan fingerprint density at radius 3 is 2.38 bits per heavy atom. The molecule has 0 bridgehead atoms. The van der Waals surface area contributed by atoms with Crippen LogP contribution in [0.5, 0.6) is 0 Å². The highest BCUT2D eigenvalue weighted by atomic mass is 32.1. The minimum Gasteiger partial charge on any atom is -0.218 e. The first-order chi connectivity index (χ1) is 18.0. The normalized spacial score (nSPS) is 12.9. The molecule has 1 aliphatic rings. The molecular weight excluding hydrogens is 468 g/mol. The van der Waals surface area contributed by atoms with Gasteiger partial charge in [-0.05, 0) is 55.0 Å². The van der Waals surface area contributed by atoms with Crippen molar-refractivity contribution in [1.29, 1.82) is 0 Å². The summed E-state index contributed by atoms with van der Waals surface area (Å²) in [5, 5.41) is 2.86. The summed E-state index contributed by atoms with van der Waals surface area (Å²) in [7, 11) is 0. The van der Waals surface area contributed by atoms with Crippen molar-refractivity contribution in [3.05, 3.63) is 95.6 Å². The van der Waals surface area contributed by atoms with Gasteiger partial charge in [-0.25, -0.2) is 4.57 Å². The zero-order valence-corrected chi connectivity index (χ0v) is 22.9. The molecule has 0 saturated heterocycles. The number of fused-ring (bicyclic) bond motifs is 8. The highest BCUT2D eigenvalue weighted by Gasteiger charge is 2.37. The van der Waals surface area contributed by atoms with E-state index in [-0.39, 0.29) is 0 Å². The van der Waals surface area contributed by atoms with E-state index >= 15 is 0 Å². The molecule has 4 aromatic carbocycles. The molecule has 0 spiro atoms. The highest BCUT2D eigenvalue weighted by Crippen LogP contribution is 2.44. The largest absolute Gasteiger partial charge is 0.295 e. The van der Waals surface area contributed by atoms with E-state index in [2.05, 4.69) is 116 Å². The second-order valence-electron chi connectivity index (χ2n) is 11.4. The van der Waals surface area contributed by atoms with Gasteiger partial charge in [0.05, 0.1) is 5.56 Å². The zero-order chi connectivity index (χ0) is 25.3. The molecule has 0 N–H and O–H groups in total. The van der Waals surface area contributed by atoms with Crippen LogP contribution in [0.3, 0.4) is 0 Å². The number of hydrogen-bond acceptors (Lipinski definition) is 1. The molecule has 1 aliphatic heterocycles. The minimum absolute atomic E-state index is 0.560. The fourth-order valence-electron chi connectivity index (χ4n) is 6.43. The summed E-state index contributed by atoms with van der Waals surface area (Å²) >= 11 is 1.95. The van der Waals surface area contributed by atoms with Crippen molar-refractivity contribution >= 4 is 42.5 Å². The maximum absolute atomic E-state index is 2.63. The van der Waals surface area contributed by atoms with Crippen molar-refractivity contribution in [2.75, 3.05) is 0 Å². The molecule has 0 amide bonds. The molecule has 0 fully saturated rings. The molecular formula is C34H33N2S+. The van der Waals surface area contributed by atoms with Crippen LogP contribution in [0, 0.1) is 11.8 Å². The van der Waals surface area contributed by atoms with Crippen molar-refractivity contribution in [3.63, 3.8) is 0 Å². The Bertz CT molecular complexity index is 1820. The second kappa shape index (κ2) is 8.56. The Morgan fingerprint density at radius 2 is 1.54 bits per heavy atom. The predicted molar refractivity (Wildman–Crippen MR) is 158 cm³/mol. The van der Waals surface area contributed by atoms with E-state index in [1.165, 1.54) is 65.0 Å². The van der Waals surface area contributed by atoms with Crippen LogP contribution in [-0.2, 0) is 19.4 Å². The lowest BCUT2D eigenvalue weighted by Gasteiger charge is -2.18. The molecule has 37 heavy (non-hydrogen) atoms. The zero-order valence-electron chi connectivity index (χ0n) is 22.1. The average molecular weight is 502 g/mol. The van der Waals surface area contributed by atoms with Gasteiger partial charge in [-0.3, -0.25) is 0 Å². The minimum atomic E-state index is 0.560. The van der Waals surface area contributed by atoms with Crippen LogP contribution in [0.15, 0.2) is 78.9 Å². The van der Waals surface area contributed by atoms with Gasteiger partial charge in [-0.1, -0.05) is 76.2 Å². The molecule has 0 unspecified atom stereocenters. The molecule has 2 aromatic heterocycles. The molecule has 0 radical (unpaired) electrons. The summed E-state index contributed by atoms with van der Waals surface area (Å²) in [5.74, 6) is 2.46. The number of thiophene rings is 1. The van der Waals surface area contributed by atoms with Gasteiger partial charge in [0.2, 0.25) is 0 Å².